The third-order valence-electron chi connectivity index (χ3n) is 4.75. The lowest BCUT2D eigenvalue weighted by Crippen LogP contribution is -2.30. The van der Waals surface area contributed by atoms with Crippen LogP contribution in [0.25, 0.3) is 10.8 Å². The minimum absolute atomic E-state index is 0.557. The molecule has 1 N–H and O–H groups in total. The highest BCUT2D eigenvalue weighted by Crippen LogP contribution is 2.36. The van der Waals surface area contributed by atoms with Crippen LogP contribution in [0.5, 0.6) is 0 Å². The van der Waals surface area contributed by atoms with Crippen LogP contribution in [0.1, 0.15) is 19.4 Å². The van der Waals surface area contributed by atoms with Crippen LogP contribution in [0.15, 0.2) is 36.4 Å². The monoisotopic (exact) mass is 269 g/mol. The summed E-state index contributed by atoms with van der Waals surface area (Å²) >= 11 is 0. The highest BCUT2D eigenvalue weighted by atomic mass is 28.3. The van der Waals surface area contributed by atoms with Crippen molar-refractivity contribution in [1.82, 2.24) is 0 Å². The summed E-state index contributed by atoms with van der Waals surface area (Å²) in [7, 11) is -0.557. The Labute approximate surface area is 117 Å². The van der Waals surface area contributed by atoms with Crippen molar-refractivity contribution >= 4 is 25.3 Å². The van der Waals surface area contributed by atoms with Crippen molar-refractivity contribution in [3.63, 3.8) is 0 Å². The fraction of sp³-hybridized carbons (Fsp3) is 0.412. The van der Waals surface area contributed by atoms with E-state index >= 15 is 0 Å². The highest BCUT2D eigenvalue weighted by Gasteiger charge is 2.25. The van der Waals surface area contributed by atoms with Gasteiger partial charge in [-0.05, 0) is 22.9 Å². The molecular weight excluding hydrogens is 246 g/mol. The quantitative estimate of drug-likeness (QED) is 0.812. The van der Waals surface area contributed by atoms with Gasteiger partial charge >= 0.3 is 0 Å². The van der Waals surface area contributed by atoms with E-state index in [4.69, 9.17) is 0 Å². The number of hydrogen-bond acceptors (Lipinski definition) is 1. The van der Waals surface area contributed by atoms with Gasteiger partial charge in [0.1, 0.15) is 0 Å². The van der Waals surface area contributed by atoms with Crippen molar-refractivity contribution in [2.45, 2.75) is 37.9 Å². The predicted molar refractivity (Wildman–Crippen MR) is 88.0 cm³/mol. The summed E-state index contributed by atoms with van der Waals surface area (Å²) < 4.78 is 0. The Morgan fingerprint density at radius 1 is 1.11 bits per heavy atom. The fourth-order valence-corrected chi connectivity index (χ4v) is 6.52. The molecule has 1 aliphatic heterocycles. The molecule has 0 unspecified atom stereocenters. The highest BCUT2D eigenvalue weighted by molar-refractivity contribution is 6.60. The Kier molecular flexibility index (Phi) is 3.60. The molecule has 1 aliphatic rings. The average molecular weight is 269 g/mol. The Hall–Kier alpha value is -1.28. The largest absolute Gasteiger partial charge is 0.384 e. The minimum Gasteiger partial charge on any atom is -0.384 e. The maximum absolute atomic E-state index is 3.74. The molecule has 0 aliphatic carbocycles. The van der Waals surface area contributed by atoms with Crippen LogP contribution >= 0.6 is 0 Å². The predicted octanol–water partition coefficient (Wildman–Crippen LogP) is 4.44. The first-order valence-corrected chi connectivity index (χ1v) is 9.88. The second-order valence-electron chi connectivity index (χ2n) is 5.74. The molecule has 3 rings (SSSR count). The van der Waals surface area contributed by atoms with E-state index in [0.29, 0.717) is 0 Å². The van der Waals surface area contributed by atoms with Crippen molar-refractivity contribution < 1.29 is 0 Å². The van der Waals surface area contributed by atoms with Gasteiger partial charge in [-0.1, -0.05) is 62.3 Å². The standard InChI is InChI=1S/C17H23NSi/c1-3-19(4-2)15-11-14-10-9-13-7-5-6-8-16(13)17(14)18-12-15/h5-10,15,18-19H,3-4,11-12H2,1-2H3/t15-/m1/s1. The number of nitrogens with one attached hydrogen (secondary N) is 1. The van der Waals surface area contributed by atoms with E-state index in [1.165, 1.54) is 47.1 Å². The number of fused-ring (bicyclic) bond motifs is 3. The van der Waals surface area contributed by atoms with Crippen LogP contribution < -0.4 is 5.32 Å². The molecule has 0 radical (unpaired) electrons. The Morgan fingerprint density at radius 3 is 2.68 bits per heavy atom. The number of hydrogen-bond donors (Lipinski definition) is 1. The van der Waals surface area contributed by atoms with E-state index in [1.54, 1.807) is 0 Å². The maximum Gasteiger partial charge on any atom is 0.0452 e. The molecule has 0 fully saturated rings. The first-order chi connectivity index (χ1) is 9.33. The zero-order chi connectivity index (χ0) is 13.2. The van der Waals surface area contributed by atoms with Crippen molar-refractivity contribution in [2.75, 3.05) is 11.9 Å². The molecular formula is C17H23NSi. The van der Waals surface area contributed by atoms with Crippen LogP contribution in [0.2, 0.25) is 17.6 Å². The topological polar surface area (TPSA) is 12.0 Å². The van der Waals surface area contributed by atoms with Crippen LogP contribution in [0.3, 0.4) is 0 Å². The lowest BCUT2D eigenvalue weighted by atomic mass is 9.97. The van der Waals surface area contributed by atoms with Gasteiger partial charge in [0, 0.05) is 26.4 Å². The molecule has 0 spiro atoms. The van der Waals surface area contributed by atoms with E-state index in [1.807, 2.05) is 0 Å². The maximum atomic E-state index is 3.74. The van der Waals surface area contributed by atoms with Gasteiger partial charge in [-0.3, -0.25) is 0 Å². The number of benzene rings is 2. The van der Waals surface area contributed by atoms with Crippen LogP contribution in [-0.4, -0.2) is 15.3 Å². The van der Waals surface area contributed by atoms with Crippen molar-refractivity contribution in [2.24, 2.45) is 0 Å². The van der Waals surface area contributed by atoms with E-state index in [9.17, 15) is 0 Å². The first-order valence-electron chi connectivity index (χ1n) is 7.58. The average Bonchev–Trinajstić information content (AvgIpc) is 2.48. The zero-order valence-electron chi connectivity index (χ0n) is 11.9. The van der Waals surface area contributed by atoms with Crippen molar-refractivity contribution in [3.8, 4) is 0 Å². The van der Waals surface area contributed by atoms with Gasteiger partial charge < -0.3 is 5.32 Å². The summed E-state index contributed by atoms with van der Waals surface area (Å²) in [5.74, 6) is 0. The molecule has 2 heteroatoms. The molecule has 0 bridgehead atoms. The molecule has 1 atom stereocenters. The Balaban J connectivity index is 1.96. The molecule has 0 amide bonds. The van der Waals surface area contributed by atoms with Gasteiger partial charge in [-0.2, -0.15) is 0 Å². The van der Waals surface area contributed by atoms with E-state index in [-0.39, 0.29) is 0 Å². The minimum atomic E-state index is -0.557. The van der Waals surface area contributed by atoms with Gasteiger partial charge in [-0.25, -0.2) is 0 Å². The summed E-state index contributed by atoms with van der Waals surface area (Å²) in [4.78, 5) is 0. The molecule has 19 heavy (non-hydrogen) atoms. The fourth-order valence-electron chi connectivity index (χ4n) is 3.57. The smallest absolute Gasteiger partial charge is 0.0452 e. The normalized spacial score (nSPS) is 18.4. The summed E-state index contributed by atoms with van der Waals surface area (Å²) in [5.41, 5.74) is 3.87. The molecule has 2 aromatic rings. The van der Waals surface area contributed by atoms with Gasteiger partial charge in [0.15, 0.2) is 0 Å². The number of rotatable bonds is 3. The molecule has 0 saturated heterocycles. The lowest BCUT2D eigenvalue weighted by molar-refractivity contribution is 0.798. The Bertz CT molecular complexity index is 574. The molecule has 1 heterocycles. The molecule has 0 aromatic heterocycles. The summed E-state index contributed by atoms with van der Waals surface area (Å²) in [6.45, 7) is 5.96. The van der Waals surface area contributed by atoms with E-state index < -0.39 is 8.80 Å². The molecule has 0 saturated carbocycles. The first kappa shape index (κ1) is 12.7. The molecule has 100 valence electrons. The van der Waals surface area contributed by atoms with Gasteiger partial charge in [0.05, 0.1) is 0 Å². The van der Waals surface area contributed by atoms with Crippen molar-refractivity contribution in [1.29, 1.82) is 0 Å². The summed E-state index contributed by atoms with van der Waals surface area (Å²) in [6, 6.07) is 16.2. The SMILES string of the molecule is CC[SiH](CC)[C@H]1CNc2c(ccc3ccccc23)C1. The van der Waals surface area contributed by atoms with Crippen LogP contribution in [0.4, 0.5) is 5.69 Å². The zero-order valence-corrected chi connectivity index (χ0v) is 13.1. The van der Waals surface area contributed by atoms with Gasteiger partial charge in [0.2, 0.25) is 0 Å². The van der Waals surface area contributed by atoms with Gasteiger partial charge in [-0.15, -0.1) is 0 Å². The Morgan fingerprint density at radius 2 is 1.89 bits per heavy atom. The van der Waals surface area contributed by atoms with Crippen molar-refractivity contribution in [3.05, 3.63) is 42.0 Å². The number of anilines is 1. The second kappa shape index (κ2) is 5.38. The van der Waals surface area contributed by atoms with E-state index in [2.05, 4.69) is 55.6 Å². The second-order valence-corrected chi connectivity index (χ2v) is 9.84. The third kappa shape index (κ3) is 2.30. The van der Waals surface area contributed by atoms with Gasteiger partial charge in [0.25, 0.3) is 0 Å². The lowest BCUT2D eigenvalue weighted by Gasteiger charge is -2.31. The molecule has 2 aromatic carbocycles. The molecule has 1 nitrogen and oxygen atoms in total. The van der Waals surface area contributed by atoms with Crippen LogP contribution in [0, 0.1) is 0 Å². The third-order valence-corrected chi connectivity index (χ3v) is 8.66. The van der Waals surface area contributed by atoms with E-state index in [0.717, 1.165) is 5.54 Å². The summed E-state index contributed by atoms with van der Waals surface area (Å²) in [6.07, 6.45) is 1.30. The summed E-state index contributed by atoms with van der Waals surface area (Å²) in [5, 5.41) is 6.49. The van der Waals surface area contributed by atoms with Crippen LogP contribution in [-0.2, 0) is 6.42 Å².